The molecule has 0 bridgehead atoms. The highest BCUT2D eigenvalue weighted by Gasteiger charge is 2.18. The van der Waals surface area contributed by atoms with E-state index < -0.39 is 0 Å². The predicted octanol–water partition coefficient (Wildman–Crippen LogP) is 3.94. The summed E-state index contributed by atoms with van der Waals surface area (Å²) < 4.78 is 7.61. The van der Waals surface area contributed by atoms with Crippen LogP contribution in [0.5, 0.6) is 0 Å². The van der Waals surface area contributed by atoms with E-state index in [1.165, 1.54) is 11.3 Å². The fourth-order valence-electron chi connectivity index (χ4n) is 2.51. The van der Waals surface area contributed by atoms with E-state index in [1.54, 1.807) is 4.57 Å². The average molecular weight is 306 g/mol. The van der Waals surface area contributed by atoms with Crippen molar-refractivity contribution < 1.29 is 4.42 Å². The molecule has 0 aromatic carbocycles. The molecule has 3 aromatic heterocycles. The Hall–Kier alpha value is -1.66. The summed E-state index contributed by atoms with van der Waals surface area (Å²) in [4.78, 5) is 16.5. The van der Waals surface area contributed by atoms with E-state index in [4.69, 9.17) is 16.6 Å². The summed E-state index contributed by atoms with van der Waals surface area (Å²) in [5.74, 6) is 1.66. The molecule has 1 unspecified atom stereocenters. The Morgan fingerprint density at radius 3 is 2.85 bits per heavy atom. The van der Waals surface area contributed by atoms with Gasteiger partial charge >= 0.3 is 0 Å². The van der Waals surface area contributed by atoms with Crippen molar-refractivity contribution in [1.82, 2.24) is 9.55 Å². The fraction of sp³-hybridized carbons (Fsp3) is 0.286. The number of aromatic amines is 1. The Morgan fingerprint density at radius 1 is 1.45 bits per heavy atom. The standard InChI is InChI=1S/C14H14N2O2S2/c1-7-6-11(9(3)18-7)8(2)16-13(17)10-4-5-20-12(10)15-14(16)19/h4-6,8H,1-3H3,(H,15,19). The number of nitrogens with one attached hydrogen (secondary N) is 1. The van der Waals surface area contributed by atoms with Crippen LogP contribution in [0, 0.1) is 18.6 Å². The van der Waals surface area contributed by atoms with Crippen LogP contribution in [-0.2, 0) is 0 Å². The highest BCUT2D eigenvalue weighted by atomic mass is 32.1. The molecule has 6 heteroatoms. The number of furan rings is 1. The minimum Gasteiger partial charge on any atom is -0.466 e. The molecule has 0 aliphatic rings. The van der Waals surface area contributed by atoms with Crippen molar-refractivity contribution in [2.24, 2.45) is 0 Å². The number of hydrogen-bond donors (Lipinski definition) is 1. The summed E-state index contributed by atoms with van der Waals surface area (Å²) in [6.45, 7) is 5.76. The normalized spacial score (nSPS) is 12.9. The van der Waals surface area contributed by atoms with Crippen molar-refractivity contribution >= 4 is 33.8 Å². The second kappa shape index (κ2) is 4.71. The molecule has 3 rings (SSSR count). The molecular formula is C14H14N2O2S2. The van der Waals surface area contributed by atoms with E-state index in [1.807, 2.05) is 38.3 Å². The number of H-pyrrole nitrogens is 1. The van der Waals surface area contributed by atoms with Gasteiger partial charge in [-0.3, -0.25) is 9.36 Å². The second-order valence-electron chi connectivity index (χ2n) is 4.81. The first-order valence-electron chi connectivity index (χ1n) is 6.28. The molecule has 4 nitrogen and oxygen atoms in total. The van der Waals surface area contributed by atoms with Crippen molar-refractivity contribution in [3.63, 3.8) is 0 Å². The van der Waals surface area contributed by atoms with Crippen LogP contribution in [0.4, 0.5) is 0 Å². The highest BCUT2D eigenvalue weighted by Crippen LogP contribution is 2.25. The van der Waals surface area contributed by atoms with Crippen molar-refractivity contribution in [3.05, 3.63) is 49.7 Å². The van der Waals surface area contributed by atoms with Gasteiger partial charge in [0.25, 0.3) is 5.56 Å². The molecule has 104 valence electrons. The lowest BCUT2D eigenvalue weighted by molar-refractivity contribution is 0.492. The van der Waals surface area contributed by atoms with Crippen LogP contribution in [0.3, 0.4) is 0 Å². The molecule has 0 radical (unpaired) electrons. The largest absolute Gasteiger partial charge is 0.466 e. The van der Waals surface area contributed by atoms with E-state index >= 15 is 0 Å². The fourth-order valence-corrected chi connectivity index (χ4v) is 3.70. The molecule has 1 atom stereocenters. The third-order valence-corrected chi connectivity index (χ3v) is 4.60. The maximum atomic E-state index is 12.6. The van der Waals surface area contributed by atoms with Gasteiger partial charge in [-0.15, -0.1) is 11.3 Å². The second-order valence-corrected chi connectivity index (χ2v) is 6.12. The molecule has 0 amide bonds. The van der Waals surface area contributed by atoms with Crippen LogP contribution in [-0.4, -0.2) is 9.55 Å². The third kappa shape index (κ3) is 1.96. The van der Waals surface area contributed by atoms with Gasteiger partial charge in [0.2, 0.25) is 0 Å². The zero-order chi connectivity index (χ0) is 14.4. The topological polar surface area (TPSA) is 50.9 Å². The summed E-state index contributed by atoms with van der Waals surface area (Å²) in [6.07, 6.45) is 0. The highest BCUT2D eigenvalue weighted by molar-refractivity contribution is 7.71. The Labute approximate surface area is 124 Å². The van der Waals surface area contributed by atoms with E-state index in [-0.39, 0.29) is 11.6 Å². The van der Waals surface area contributed by atoms with Gasteiger partial charge in [-0.1, -0.05) is 0 Å². The molecule has 0 spiro atoms. The Balaban J connectivity index is 2.26. The van der Waals surface area contributed by atoms with Crippen molar-refractivity contribution in [3.8, 4) is 0 Å². The summed E-state index contributed by atoms with van der Waals surface area (Å²) in [5.41, 5.74) is 0.925. The van der Waals surface area contributed by atoms with Crippen LogP contribution >= 0.6 is 23.6 Å². The first-order valence-corrected chi connectivity index (χ1v) is 7.57. The van der Waals surface area contributed by atoms with Gasteiger partial charge < -0.3 is 9.40 Å². The first-order chi connectivity index (χ1) is 9.49. The molecule has 0 aliphatic carbocycles. The maximum Gasteiger partial charge on any atom is 0.263 e. The average Bonchev–Trinajstić information content (AvgIpc) is 2.95. The minimum absolute atomic E-state index is 0.0595. The lowest BCUT2D eigenvalue weighted by Crippen LogP contribution is -2.25. The SMILES string of the molecule is Cc1cc(C(C)n2c(=S)[nH]c3sccc3c2=O)c(C)o1. The van der Waals surface area contributed by atoms with Gasteiger partial charge in [0, 0.05) is 5.56 Å². The van der Waals surface area contributed by atoms with Gasteiger partial charge in [0.1, 0.15) is 16.4 Å². The van der Waals surface area contributed by atoms with Crippen LogP contribution in [0.2, 0.25) is 0 Å². The number of thiophene rings is 1. The van der Waals surface area contributed by atoms with E-state index in [2.05, 4.69) is 4.98 Å². The van der Waals surface area contributed by atoms with Crippen molar-refractivity contribution in [2.45, 2.75) is 26.8 Å². The lowest BCUT2D eigenvalue weighted by Gasteiger charge is -2.14. The Morgan fingerprint density at radius 2 is 2.20 bits per heavy atom. The number of aromatic nitrogens is 2. The monoisotopic (exact) mass is 306 g/mol. The molecule has 20 heavy (non-hydrogen) atoms. The first kappa shape index (κ1) is 13.3. The zero-order valence-electron chi connectivity index (χ0n) is 11.4. The van der Waals surface area contributed by atoms with Crippen molar-refractivity contribution in [1.29, 1.82) is 0 Å². The van der Waals surface area contributed by atoms with Gasteiger partial charge in [0.15, 0.2) is 4.77 Å². The van der Waals surface area contributed by atoms with E-state index in [9.17, 15) is 4.79 Å². The van der Waals surface area contributed by atoms with Gasteiger partial charge in [-0.2, -0.15) is 0 Å². The Kier molecular flexibility index (Phi) is 3.14. The number of hydrogen-bond acceptors (Lipinski definition) is 4. The minimum atomic E-state index is -0.159. The molecule has 0 fully saturated rings. The number of nitrogens with zero attached hydrogens (tertiary/aromatic N) is 1. The van der Waals surface area contributed by atoms with Gasteiger partial charge in [0.05, 0.1) is 11.4 Å². The maximum absolute atomic E-state index is 12.6. The molecular weight excluding hydrogens is 292 g/mol. The molecule has 0 aliphatic heterocycles. The van der Waals surface area contributed by atoms with E-state index in [0.29, 0.717) is 10.2 Å². The van der Waals surface area contributed by atoms with Crippen LogP contribution in [0.25, 0.3) is 10.2 Å². The summed E-state index contributed by atoms with van der Waals surface area (Å²) in [6, 6.07) is 3.62. The smallest absolute Gasteiger partial charge is 0.263 e. The zero-order valence-corrected chi connectivity index (χ0v) is 13.0. The summed E-state index contributed by atoms with van der Waals surface area (Å²) in [7, 11) is 0. The van der Waals surface area contributed by atoms with E-state index in [0.717, 1.165) is 21.9 Å². The van der Waals surface area contributed by atoms with Gasteiger partial charge in [-0.25, -0.2) is 0 Å². The number of fused-ring (bicyclic) bond motifs is 1. The van der Waals surface area contributed by atoms with Crippen LogP contribution in [0.15, 0.2) is 26.7 Å². The summed E-state index contributed by atoms with van der Waals surface area (Å²) in [5, 5.41) is 2.56. The molecule has 0 saturated heterocycles. The van der Waals surface area contributed by atoms with Crippen LogP contribution in [0.1, 0.15) is 30.0 Å². The number of rotatable bonds is 2. The quantitative estimate of drug-likeness (QED) is 0.730. The van der Waals surface area contributed by atoms with Crippen molar-refractivity contribution in [2.75, 3.05) is 0 Å². The molecule has 3 aromatic rings. The van der Waals surface area contributed by atoms with Crippen LogP contribution < -0.4 is 5.56 Å². The Bertz CT molecular complexity index is 898. The predicted molar refractivity (Wildman–Crippen MR) is 83.3 cm³/mol. The third-order valence-electron chi connectivity index (χ3n) is 3.47. The summed E-state index contributed by atoms with van der Waals surface area (Å²) >= 11 is 6.83. The molecule has 0 saturated carbocycles. The number of aryl methyl sites for hydroxylation is 2. The lowest BCUT2D eigenvalue weighted by atomic mass is 10.1. The molecule has 1 N–H and O–H groups in total. The molecule has 3 heterocycles. The van der Waals surface area contributed by atoms with Gasteiger partial charge in [-0.05, 0) is 50.5 Å².